The van der Waals surface area contributed by atoms with Crippen LogP contribution >= 0.6 is 11.3 Å². The minimum Gasteiger partial charge on any atom is -0.313 e. The van der Waals surface area contributed by atoms with Crippen molar-refractivity contribution >= 4 is 21.6 Å². The number of nitrogens with one attached hydrogen (secondary N) is 1. The van der Waals surface area contributed by atoms with Gasteiger partial charge in [-0.15, -0.1) is 11.3 Å². The van der Waals surface area contributed by atoms with Crippen LogP contribution in [0.4, 0.5) is 0 Å². The van der Waals surface area contributed by atoms with Gasteiger partial charge in [0.2, 0.25) is 0 Å². The summed E-state index contributed by atoms with van der Waals surface area (Å²) in [5.41, 5.74) is 1.13. The first kappa shape index (κ1) is 13.0. The standard InChI is InChI=1S/C15H21N3S/c1-11(18(2)10-12-6-5-9-16-12)15-17-13-7-3-4-8-14(13)19-15/h3-4,7-8,11-12,16H,5-6,9-10H2,1-2H3. The summed E-state index contributed by atoms with van der Waals surface area (Å²) >= 11 is 1.82. The molecular weight excluding hydrogens is 254 g/mol. The fourth-order valence-electron chi connectivity index (χ4n) is 2.68. The first-order chi connectivity index (χ1) is 9.24. The maximum atomic E-state index is 4.76. The van der Waals surface area contributed by atoms with E-state index in [4.69, 9.17) is 4.98 Å². The van der Waals surface area contributed by atoms with Gasteiger partial charge in [0.15, 0.2) is 0 Å². The second kappa shape index (κ2) is 5.57. The van der Waals surface area contributed by atoms with Crippen molar-refractivity contribution in [2.24, 2.45) is 0 Å². The van der Waals surface area contributed by atoms with Crippen molar-refractivity contribution in [3.8, 4) is 0 Å². The predicted octanol–water partition coefficient (Wildman–Crippen LogP) is 3.04. The van der Waals surface area contributed by atoms with Crippen LogP contribution in [0, 0.1) is 0 Å². The minimum atomic E-state index is 0.389. The number of hydrogen-bond donors (Lipinski definition) is 1. The van der Waals surface area contributed by atoms with Gasteiger partial charge in [-0.25, -0.2) is 4.98 Å². The van der Waals surface area contributed by atoms with E-state index in [9.17, 15) is 0 Å². The Labute approximate surface area is 118 Å². The maximum Gasteiger partial charge on any atom is 0.111 e. The lowest BCUT2D eigenvalue weighted by Gasteiger charge is -2.26. The highest BCUT2D eigenvalue weighted by atomic mass is 32.1. The highest BCUT2D eigenvalue weighted by Crippen LogP contribution is 2.29. The van der Waals surface area contributed by atoms with Crippen LogP contribution in [0.1, 0.15) is 30.8 Å². The van der Waals surface area contributed by atoms with Gasteiger partial charge < -0.3 is 5.32 Å². The molecule has 1 aromatic carbocycles. The first-order valence-corrected chi connectivity index (χ1v) is 7.85. The topological polar surface area (TPSA) is 28.2 Å². The summed E-state index contributed by atoms with van der Waals surface area (Å²) < 4.78 is 1.29. The lowest BCUT2D eigenvalue weighted by molar-refractivity contribution is 0.238. The third-order valence-corrected chi connectivity index (χ3v) is 5.21. The molecule has 0 spiro atoms. The zero-order chi connectivity index (χ0) is 13.2. The van der Waals surface area contributed by atoms with Gasteiger partial charge >= 0.3 is 0 Å². The van der Waals surface area contributed by atoms with Crippen LogP contribution in [0.25, 0.3) is 10.2 Å². The summed E-state index contributed by atoms with van der Waals surface area (Å²) in [6, 6.07) is 9.44. The smallest absolute Gasteiger partial charge is 0.111 e. The fraction of sp³-hybridized carbons (Fsp3) is 0.533. The molecule has 0 saturated carbocycles. The number of para-hydroxylation sites is 1. The molecule has 19 heavy (non-hydrogen) atoms. The van der Waals surface area contributed by atoms with Crippen LogP contribution in [-0.4, -0.2) is 36.1 Å². The molecule has 3 rings (SSSR count). The maximum absolute atomic E-state index is 4.76. The van der Waals surface area contributed by atoms with E-state index in [1.54, 1.807) is 0 Å². The van der Waals surface area contributed by atoms with Crippen LogP contribution < -0.4 is 5.32 Å². The largest absolute Gasteiger partial charge is 0.313 e. The van der Waals surface area contributed by atoms with E-state index in [1.165, 1.54) is 29.1 Å². The molecule has 1 aromatic heterocycles. The number of fused-ring (bicyclic) bond motifs is 1. The van der Waals surface area contributed by atoms with E-state index in [0.717, 1.165) is 12.1 Å². The molecule has 1 aliphatic rings. The van der Waals surface area contributed by atoms with Crippen molar-refractivity contribution in [2.45, 2.75) is 31.8 Å². The third kappa shape index (κ3) is 2.81. The summed E-state index contributed by atoms with van der Waals surface area (Å²) in [5.74, 6) is 0. The zero-order valence-electron chi connectivity index (χ0n) is 11.6. The molecule has 2 atom stereocenters. The van der Waals surface area contributed by atoms with Crippen molar-refractivity contribution in [1.82, 2.24) is 15.2 Å². The van der Waals surface area contributed by atoms with Gasteiger partial charge in [-0.05, 0) is 45.5 Å². The monoisotopic (exact) mass is 275 g/mol. The molecule has 1 saturated heterocycles. The van der Waals surface area contributed by atoms with Gasteiger partial charge in [0.1, 0.15) is 5.01 Å². The average Bonchev–Trinajstić information content (AvgIpc) is 3.05. The molecule has 4 heteroatoms. The Morgan fingerprint density at radius 3 is 3.05 bits per heavy atom. The molecule has 1 fully saturated rings. The van der Waals surface area contributed by atoms with Crippen LogP contribution in [0.3, 0.4) is 0 Å². The normalized spacial score (nSPS) is 21.3. The zero-order valence-corrected chi connectivity index (χ0v) is 12.4. The number of likely N-dealkylation sites (N-methyl/N-ethyl adjacent to an activating group) is 1. The second-order valence-electron chi connectivity index (χ2n) is 5.43. The van der Waals surface area contributed by atoms with E-state index < -0.39 is 0 Å². The molecule has 1 N–H and O–H groups in total. The van der Waals surface area contributed by atoms with Crippen molar-refractivity contribution < 1.29 is 0 Å². The number of thiazole rings is 1. The van der Waals surface area contributed by atoms with Crippen LogP contribution in [0.2, 0.25) is 0 Å². The van der Waals surface area contributed by atoms with Gasteiger partial charge in [-0.1, -0.05) is 12.1 Å². The SMILES string of the molecule is CC(c1nc2ccccc2s1)N(C)CC1CCCN1. The van der Waals surface area contributed by atoms with Crippen molar-refractivity contribution in [1.29, 1.82) is 0 Å². The molecule has 1 aliphatic heterocycles. The highest BCUT2D eigenvalue weighted by molar-refractivity contribution is 7.18. The number of benzene rings is 1. The number of hydrogen-bond acceptors (Lipinski definition) is 4. The molecule has 3 nitrogen and oxygen atoms in total. The number of nitrogens with zero attached hydrogens (tertiary/aromatic N) is 2. The Kier molecular flexibility index (Phi) is 3.82. The Bertz CT molecular complexity index is 512. The molecule has 0 aliphatic carbocycles. The molecule has 2 unspecified atom stereocenters. The Balaban J connectivity index is 1.72. The van der Waals surface area contributed by atoms with Gasteiger partial charge in [-0.3, -0.25) is 4.90 Å². The molecule has 2 aromatic rings. The van der Waals surface area contributed by atoms with E-state index in [0.29, 0.717) is 12.1 Å². The highest BCUT2D eigenvalue weighted by Gasteiger charge is 2.21. The molecule has 0 radical (unpaired) electrons. The molecule has 102 valence electrons. The van der Waals surface area contributed by atoms with E-state index >= 15 is 0 Å². The molecule has 0 amide bonds. The van der Waals surface area contributed by atoms with Crippen LogP contribution in [0.5, 0.6) is 0 Å². The second-order valence-corrected chi connectivity index (χ2v) is 6.49. The first-order valence-electron chi connectivity index (χ1n) is 7.03. The van der Waals surface area contributed by atoms with E-state index in [2.05, 4.69) is 48.5 Å². The summed E-state index contributed by atoms with van der Waals surface area (Å²) in [7, 11) is 2.21. The Morgan fingerprint density at radius 2 is 2.32 bits per heavy atom. The Morgan fingerprint density at radius 1 is 1.47 bits per heavy atom. The van der Waals surface area contributed by atoms with E-state index in [-0.39, 0.29) is 0 Å². The van der Waals surface area contributed by atoms with Crippen molar-refractivity contribution in [3.05, 3.63) is 29.3 Å². The van der Waals surface area contributed by atoms with Crippen LogP contribution in [-0.2, 0) is 0 Å². The third-order valence-electron chi connectivity index (χ3n) is 4.00. The summed E-state index contributed by atoms with van der Waals surface area (Å²) in [6.07, 6.45) is 2.62. The molecule has 2 heterocycles. The van der Waals surface area contributed by atoms with Crippen molar-refractivity contribution in [2.75, 3.05) is 20.1 Å². The quantitative estimate of drug-likeness (QED) is 0.929. The van der Waals surface area contributed by atoms with E-state index in [1.807, 2.05) is 11.3 Å². The summed E-state index contributed by atoms with van der Waals surface area (Å²) in [5, 5.41) is 4.79. The summed E-state index contributed by atoms with van der Waals surface area (Å²) in [6.45, 7) is 4.54. The lowest BCUT2D eigenvalue weighted by atomic mass is 10.2. The molecular formula is C15H21N3S. The van der Waals surface area contributed by atoms with Gasteiger partial charge in [0, 0.05) is 12.6 Å². The number of aromatic nitrogens is 1. The number of rotatable bonds is 4. The predicted molar refractivity (Wildman–Crippen MR) is 81.7 cm³/mol. The van der Waals surface area contributed by atoms with Gasteiger partial charge in [-0.2, -0.15) is 0 Å². The van der Waals surface area contributed by atoms with Crippen LogP contribution in [0.15, 0.2) is 24.3 Å². The summed E-state index contributed by atoms with van der Waals surface area (Å²) in [4.78, 5) is 7.18. The van der Waals surface area contributed by atoms with Gasteiger partial charge in [0.25, 0.3) is 0 Å². The Hall–Kier alpha value is -0.970. The lowest BCUT2D eigenvalue weighted by Crippen LogP contribution is -2.36. The van der Waals surface area contributed by atoms with Gasteiger partial charge in [0.05, 0.1) is 16.3 Å². The fourth-order valence-corrected chi connectivity index (χ4v) is 3.76. The van der Waals surface area contributed by atoms with Crippen molar-refractivity contribution in [3.63, 3.8) is 0 Å². The average molecular weight is 275 g/mol. The minimum absolute atomic E-state index is 0.389. The molecule has 0 bridgehead atoms.